The van der Waals surface area contributed by atoms with E-state index in [-0.39, 0.29) is 0 Å². The van der Waals surface area contributed by atoms with E-state index < -0.39 is 12.0 Å². The van der Waals surface area contributed by atoms with Crippen molar-refractivity contribution in [3.05, 3.63) is 54.1 Å². The molecule has 0 saturated heterocycles. The fourth-order valence-electron chi connectivity index (χ4n) is 2.21. The van der Waals surface area contributed by atoms with E-state index in [1.165, 1.54) is 7.11 Å². The smallest absolute Gasteiger partial charge is 0.322 e. The first kappa shape index (κ1) is 15.1. The van der Waals surface area contributed by atoms with Gasteiger partial charge in [-0.3, -0.25) is 4.79 Å². The fourth-order valence-corrected chi connectivity index (χ4v) is 2.21. The lowest BCUT2D eigenvalue weighted by Crippen LogP contribution is -2.33. The Hall–Kier alpha value is -2.33. The van der Waals surface area contributed by atoms with E-state index in [9.17, 15) is 4.79 Å². The average Bonchev–Trinajstić information content (AvgIpc) is 2.54. The molecule has 0 aliphatic heterocycles. The molecule has 2 aromatic rings. The van der Waals surface area contributed by atoms with Gasteiger partial charge < -0.3 is 15.2 Å². The van der Waals surface area contributed by atoms with E-state index in [1.807, 2.05) is 48.5 Å². The van der Waals surface area contributed by atoms with E-state index >= 15 is 0 Å². The van der Waals surface area contributed by atoms with Gasteiger partial charge in [0.1, 0.15) is 11.8 Å². The molecule has 0 spiro atoms. The fraction of sp³-hybridized carbons (Fsp3) is 0.235. The SMILES string of the molecule is COC(=O)[C@@H](N)Cc1ccc(-c2ccccc2)c(OC)c1. The Morgan fingerprint density at radius 1 is 1.14 bits per heavy atom. The third kappa shape index (κ3) is 3.61. The third-order valence-corrected chi connectivity index (χ3v) is 3.31. The number of ether oxygens (including phenoxy) is 2. The number of nitrogens with two attached hydrogens (primary N) is 1. The van der Waals surface area contributed by atoms with Crippen LogP contribution in [-0.2, 0) is 16.0 Å². The zero-order valence-corrected chi connectivity index (χ0v) is 12.2. The molecule has 1 atom stereocenters. The van der Waals surface area contributed by atoms with Gasteiger partial charge in [-0.2, -0.15) is 0 Å². The normalized spacial score (nSPS) is 11.8. The summed E-state index contributed by atoms with van der Waals surface area (Å²) >= 11 is 0. The number of rotatable bonds is 5. The zero-order valence-electron chi connectivity index (χ0n) is 12.2. The van der Waals surface area contributed by atoms with Gasteiger partial charge in [-0.05, 0) is 23.6 Å². The maximum Gasteiger partial charge on any atom is 0.322 e. The van der Waals surface area contributed by atoms with Gasteiger partial charge in [-0.25, -0.2) is 0 Å². The highest BCUT2D eigenvalue weighted by molar-refractivity contribution is 5.76. The van der Waals surface area contributed by atoms with Crippen LogP contribution in [0.15, 0.2) is 48.5 Å². The molecular weight excluding hydrogens is 266 g/mol. The Morgan fingerprint density at radius 2 is 1.86 bits per heavy atom. The van der Waals surface area contributed by atoms with Crippen LogP contribution < -0.4 is 10.5 Å². The predicted octanol–water partition coefficient (Wildman–Crippen LogP) is 2.41. The largest absolute Gasteiger partial charge is 0.496 e. The van der Waals surface area contributed by atoms with Gasteiger partial charge >= 0.3 is 5.97 Å². The van der Waals surface area contributed by atoms with Gasteiger partial charge in [0.2, 0.25) is 0 Å². The highest BCUT2D eigenvalue weighted by Gasteiger charge is 2.15. The summed E-state index contributed by atoms with van der Waals surface area (Å²) in [6.45, 7) is 0. The second-order valence-corrected chi connectivity index (χ2v) is 4.73. The molecule has 0 fully saturated rings. The van der Waals surface area contributed by atoms with Crippen molar-refractivity contribution in [2.45, 2.75) is 12.5 Å². The Morgan fingerprint density at radius 3 is 2.48 bits per heavy atom. The second-order valence-electron chi connectivity index (χ2n) is 4.73. The molecule has 21 heavy (non-hydrogen) atoms. The van der Waals surface area contributed by atoms with Gasteiger partial charge in [0.25, 0.3) is 0 Å². The van der Waals surface area contributed by atoms with Gasteiger partial charge in [0.05, 0.1) is 14.2 Å². The number of benzene rings is 2. The molecule has 0 radical (unpaired) electrons. The second kappa shape index (κ2) is 6.90. The average molecular weight is 285 g/mol. The Bertz CT molecular complexity index is 611. The summed E-state index contributed by atoms with van der Waals surface area (Å²) < 4.78 is 10.1. The van der Waals surface area contributed by atoms with Crippen molar-refractivity contribution in [1.82, 2.24) is 0 Å². The van der Waals surface area contributed by atoms with Crippen LogP contribution in [0.1, 0.15) is 5.56 Å². The standard InChI is InChI=1S/C17H19NO3/c1-20-16-11-12(10-15(18)17(19)21-2)8-9-14(16)13-6-4-3-5-7-13/h3-9,11,15H,10,18H2,1-2H3/t15-/m0/s1. The summed E-state index contributed by atoms with van der Waals surface area (Å²) in [5, 5.41) is 0. The van der Waals surface area contributed by atoms with Crippen LogP contribution in [0.3, 0.4) is 0 Å². The molecule has 0 amide bonds. The number of hydrogen-bond acceptors (Lipinski definition) is 4. The summed E-state index contributed by atoms with van der Waals surface area (Å²) in [6, 6.07) is 15.2. The van der Waals surface area contributed by atoms with Crippen molar-refractivity contribution in [1.29, 1.82) is 0 Å². The number of carbonyl (C=O) groups is 1. The van der Waals surface area contributed by atoms with Crippen molar-refractivity contribution >= 4 is 5.97 Å². The lowest BCUT2D eigenvalue weighted by atomic mass is 9.99. The first-order chi connectivity index (χ1) is 10.2. The molecule has 0 aromatic heterocycles. The molecule has 0 aliphatic rings. The Labute approximate surface area is 124 Å². The maximum atomic E-state index is 11.4. The minimum absolute atomic E-state index is 0.415. The summed E-state index contributed by atoms with van der Waals surface area (Å²) in [6.07, 6.45) is 0.415. The first-order valence-corrected chi connectivity index (χ1v) is 6.71. The van der Waals surface area contributed by atoms with E-state index in [0.717, 1.165) is 22.4 Å². The third-order valence-electron chi connectivity index (χ3n) is 3.31. The molecule has 110 valence electrons. The lowest BCUT2D eigenvalue weighted by molar-refractivity contribution is -0.142. The molecule has 2 rings (SSSR count). The molecule has 0 aliphatic carbocycles. The van der Waals surface area contributed by atoms with Crippen LogP contribution in [0.4, 0.5) is 0 Å². The molecule has 0 saturated carbocycles. The molecular formula is C17H19NO3. The van der Waals surface area contributed by atoms with Gasteiger partial charge in [-0.1, -0.05) is 42.5 Å². The molecule has 2 N–H and O–H groups in total. The zero-order chi connectivity index (χ0) is 15.2. The Balaban J connectivity index is 2.27. The van der Waals surface area contributed by atoms with E-state index in [0.29, 0.717) is 6.42 Å². The van der Waals surface area contributed by atoms with Crippen LogP contribution in [0, 0.1) is 0 Å². The molecule has 0 heterocycles. The van der Waals surface area contributed by atoms with Crippen LogP contribution in [0.25, 0.3) is 11.1 Å². The van der Waals surface area contributed by atoms with Crippen molar-refractivity contribution in [3.63, 3.8) is 0 Å². The van der Waals surface area contributed by atoms with E-state index in [2.05, 4.69) is 4.74 Å². The first-order valence-electron chi connectivity index (χ1n) is 6.71. The van der Waals surface area contributed by atoms with Crippen LogP contribution in [0.2, 0.25) is 0 Å². The monoisotopic (exact) mass is 285 g/mol. The number of methoxy groups -OCH3 is 2. The number of hydrogen-bond donors (Lipinski definition) is 1. The summed E-state index contributed by atoms with van der Waals surface area (Å²) in [4.78, 5) is 11.4. The summed E-state index contributed by atoms with van der Waals surface area (Å²) in [5.74, 6) is 0.344. The molecule has 4 heteroatoms. The Kier molecular flexibility index (Phi) is 4.95. The topological polar surface area (TPSA) is 61.5 Å². The number of carbonyl (C=O) groups excluding carboxylic acids is 1. The van der Waals surface area contributed by atoms with Gasteiger partial charge in [-0.15, -0.1) is 0 Å². The summed E-state index contributed by atoms with van der Waals surface area (Å²) in [5.41, 5.74) is 8.81. The molecule has 0 bridgehead atoms. The summed E-state index contributed by atoms with van der Waals surface area (Å²) in [7, 11) is 2.97. The van der Waals surface area contributed by atoms with E-state index in [1.54, 1.807) is 7.11 Å². The molecule has 0 unspecified atom stereocenters. The van der Waals surface area contributed by atoms with Crippen molar-refractivity contribution < 1.29 is 14.3 Å². The molecule has 2 aromatic carbocycles. The van der Waals surface area contributed by atoms with E-state index in [4.69, 9.17) is 10.5 Å². The van der Waals surface area contributed by atoms with Crippen LogP contribution >= 0.6 is 0 Å². The lowest BCUT2D eigenvalue weighted by Gasteiger charge is -2.13. The van der Waals surface area contributed by atoms with Gasteiger partial charge in [0.15, 0.2) is 0 Å². The number of esters is 1. The molecule has 4 nitrogen and oxygen atoms in total. The minimum atomic E-state index is -0.665. The predicted molar refractivity (Wildman–Crippen MR) is 82.1 cm³/mol. The van der Waals surface area contributed by atoms with Crippen molar-refractivity contribution in [3.8, 4) is 16.9 Å². The van der Waals surface area contributed by atoms with Crippen LogP contribution in [0.5, 0.6) is 5.75 Å². The quantitative estimate of drug-likeness (QED) is 0.857. The highest BCUT2D eigenvalue weighted by atomic mass is 16.5. The van der Waals surface area contributed by atoms with Crippen molar-refractivity contribution in [2.24, 2.45) is 5.73 Å². The maximum absolute atomic E-state index is 11.4. The highest BCUT2D eigenvalue weighted by Crippen LogP contribution is 2.30. The van der Waals surface area contributed by atoms with Gasteiger partial charge in [0, 0.05) is 5.56 Å². The van der Waals surface area contributed by atoms with Crippen LogP contribution in [-0.4, -0.2) is 26.2 Å². The minimum Gasteiger partial charge on any atom is -0.496 e. The van der Waals surface area contributed by atoms with Crippen molar-refractivity contribution in [2.75, 3.05) is 14.2 Å².